The number of aliphatic hydroxyl groups is 1. The Morgan fingerprint density at radius 1 is 1.15 bits per heavy atom. The molecule has 0 radical (unpaired) electrons. The molecule has 0 saturated heterocycles. The zero-order chi connectivity index (χ0) is 19.3. The van der Waals surface area contributed by atoms with Crippen LogP contribution in [-0.4, -0.2) is 23.2 Å². The van der Waals surface area contributed by atoms with Gasteiger partial charge in [-0.05, 0) is 73.8 Å². The molecule has 0 aliphatic heterocycles. The Labute approximate surface area is 157 Å². The van der Waals surface area contributed by atoms with Gasteiger partial charge >= 0.3 is 6.18 Å². The highest BCUT2D eigenvalue weighted by atomic mass is 19.4. The number of carbonyl (C=O) groups excluding carboxylic acids is 1. The lowest BCUT2D eigenvalue weighted by Crippen LogP contribution is -2.56. The summed E-state index contributed by atoms with van der Waals surface area (Å²) in [7, 11) is 0. The number of amides is 1. The molecular formula is C21H26F3NO2. The van der Waals surface area contributed by atoms with Gasteiger partial charge in [0.25, 0.3) is 0 Å². The number of halogens is 3. The minimum Gasteiger partial charge on any atom is -0.390 e. The molecule has 148 valence electrons. The van der Waals surface area contributed by atoms with Crippen molar-refractivity contribution in [2.24, 2.45) is 17.3 Å². The van der Waals surface area contributed by atoms with Gasteiger partial charge in [0.15, 0.2) is 0 Å². The maximum absolute atomic E-state index is 13.0. The topological polar surface area (TPSA) is 49.3 Å². The van der Waals surface area contributed by atoms with Crippen LogP contribution in [0.1, 0.15) is 56.1 Å². The van der Waals surface area contributed by atoms with Crippen molar-refractivity contribution in [3.05, 3.63) is 35.4 Å². The van der Waals surface area contributed by atoms with Gasteiger partial charge in [0.2, 0.25) is 5.91 Å². The number of rotatable bonds is 5. The zero-order valence-corrected chi connectivity index (χ0v) is 15.3. The Bertz CT molecular complexity index is 716. The first-order valence-corrected chi connectivity index (χ1v) is 9.81. The lowest BCUT2D eigenvalue weighted by Gasteiger charge is -2.60. The van der Waals surface area contributed by atoms with Crippen LogP contribution in [0.4, 0.5) is 13.2 Å². The highest BCUT2D eigenvalue weighted by Gasteiger charge is 2.57. The quantitative estimate of drug-likeness (QED) is 0.807. The molecule has 1 aromatic rings. The van der Waals surface area contributed by atoms with Gasteiger partial charge in [-0.1, -0.05) is 18.2 Å². The lowest BCUT2D eigenvalue weighted by atomic mass is 9.47. The maximum atomic E-state index is 13.0. The molecule has 4 fully saturated rings. The first-order chi connectivity index (χ1) is 12.7. The Kier molecular flexibility index (Phi) is 4.53. The summed E-state index contributed by atoms with van der Waals surface area (Å²) in [5.74, 6) is 0.926. The fourth-order valence-electron chi connectivity index (χ4n) is 6.36. The highest BCUT2D eigenvalue weighted by molar-refractivity contribution is 5.76. The molecule has 0 aromatic heterocycles. The summed E-state index contributed by atoms with van der Waals surface area (Å²) in [5, 5.41) is 13.6. The largest absolute Gasteiger partial charge is 0.416 e. The molecule has 3 nitrogen and oxygen atoms in total. The third-order valence-corrected chi connectivity index (χ3v) is 6.73. The van der Waals surface area contributed by atoms with Crippen molar-refractivity contribution in [3.63, 3.8) is 0 Å². The van der Waals surface area contributed by atoms with Crippen LogP contribution in [0.5, 0.6) is 0 Å². The van der Waals surface area contributed by atoms with E-state index in [4.69, 9.17) is 0 Å². The smallest absolute Gasteiger partial charge is 0.390 e. The number of nitrogens with one attached hydrogen (secondary N) is 1. The van der Waals surface area contributed by atoms with Gasteiger partial charge < -0.3 is 10.4 Å². The maximum Gasteiger partial charge on any atom is 0.416 e. The van der Waals surface area contributed by atoms with Gasteiger partial charge in [0.1, 0.15) is 0 Å². The predicted octanol–water partition coefficient (Wildman–Crippen LogP) is 4.09. The molecule has 2 atom stereocenters. The number of hydrogen-bond donors (Lipinski definition) is 2. The molecule has 4 aliphatic carbocycles. The summed E-state index contributed by atoms with van der Waals surface area (Å²) in [6.07, 6.45) is 1.73. The molecule has 6 heteroatoms. The minimum atomic E-state index is -4.38. The molecule has 4 bridgehead atoms. The van der Waals surface area contributed by atoms with Crippen LogP contribution in [0, 0.1) is 17.3 Å². The predicted molar refractivity (Wildman–Crippen MR) is 94.8 cm³/mol. The molecule has 5 rings (SSSR count). The minimum absolute atomic E-state index is 0.106. The van der Waals surface area contributed by atoms with Crippen molar-refractivity contribution in [1.82, 2.24) is 5.32 Å². The molecule has 0 heterocycles. The van der Waals surface area contributed by atoms with Crippen LogP contribution in [-0.2, 0) is 17.4 Å². The van der Waals surface area contributed by atoms with Crippen LogP contribution in [0.2, 0.25) is 0 Å². The van der Waals surface area contributed by atoms with E-state index in [9.17, 15) is 23.1 Å². The Hall–Kier alpha value is -1.56. The van der Waals surface area contributed by atoms with E-state index < -0.39 is 17.3 Å². The third kappa shape index (κ3) is 3.86. The van der Waals surface area contributed by atoms with Crippen molar-refractivity contribution >= 4 is 5.91 Å². The van der Waals surface area contributed by atoms with E-state index in [2.05, 4.69) is 5.32 Å². The van der Waals surface area contributed by atoms with E-state index in [0.29, 0.717) is 24.7 Å². The number of alkyl halides is 3. The molecule has 4 aliphatic rings. The second-order valence-corrected chi connectivity index (χ2v) is 9.12. The summed E-state index contributed by atoms with van der Waals surface area (Å²) >= 11 is 0. The highest BCUT2D eigenvalue weighted by Crippen LogP contribution is 2.62. The second kappa shape index (κ2) is 6.50. The third-order valence-electron chi connectivity index (χ3n) is 6.73. The van der Waals surface area contributed by atoms with E-state index in [1.807, 2.05) is 0 Å². The molecule has 0 spiro atoms. The summed E-state index contributed by atoms with van der Waals surface area (Å²) < 4.78 is 39.1. The van der Waals surface area contributed by atoms with Gasteiger partial charge in [-0.2, -0.15) is 13.2 Å². The standard InChI is InChI=1S/C21H26F3NO2/c22-21(23,24)17-4-2-1-3-16(17)5-6-25-18(26)12-19-8-14-7-15(9-19)11-20(27,10-14)13-19/h1-4,14-15,27H,5-13H2,(H,25,26). The van der Waals surface area contributed by atoms with Crippen molar-refractivity contribution in [2.45, 2.75) is 63.1 Å². The number of hydrogen-bond acceptors (Lipinski definition) is 2. The van der Waals surface area contributed by atoms with Crippen molar-refractivity contribution in [3.8, 4) is 0 Å². The summed E-state index contributed by atoms with van der Waals surface area (Å²) in [6.45, 7) is 0.194. The first-order valence-electron chi connectivity index (χ1n) is 9.81. The van der Waals surface area contributed by atoms with Crippen molar-refractivity contribution in [2.75, 3.05) is 6.54 Å². The van der Waals surface area contributed by atoms with E-state index >= 15 is 0 Å². The Balaban J connectivity index is 1.34. The average molecular weight is 381 g/mol. The van der Waals surface area contributed by atoms with E-state index in [1.165, 1.54) is 18.6 Å². The molecule has 1 amide bonds. The number of carbonyl (C=O) groups is 1. The van der Waals surface area contributed by atoms with Crippen molar-refractivity contribution < 1.29 is 23.1 Å². The number of benzene rings is 1. The average Bonchev–Trinajstić information content (AvgIpc) is 2.51. The molecular weight excluding hydrogens is 355 g/mol. The van der Waals surface area contributed by atoms with E-state index in [-0.39, 0.29) is 29.9 Å². The first kappa shape index (κ1) is 18.8. The van der Waals surface area contributed by atoms with E-state index in [0.717, 1.165) is 31.7 Å². The molecule has 27 heavy (non-hydrogen) atoms. The fourth-order valence-corrected chi connectivity index (χ4v) is 6.36. The SMILES string of the molecule is O=C(CC12CC3CC(CC(O)(C3)C1)C2)NCCc1ccccc1C(F)(F)F. The van der Waals surface area contributed by atoms with Crippen LogP contribution < -0.4 is 5.32 Å². The summed E-state index contributed by atoms with van der Waals surface area (Å²) in [6, 6.07) is 5.50. The van der Waals surface area contributed by atoms with Gasteiger partial charge in [-0.3, -0.25) is 4.79 Å². The van der Waals surface area contributed by atoms with Crippen LogP contribution in [0.25, 0.3) is 0 Å². The second-order valence-electron chi connectivity index (χ2n) is 9.12. The van der Waals surface area contributed by atoms with Gasteiger partial charge in [0, 0.05) is 13.0 Å². The molecule has 1 aromatic carbocycles. The van der Waals surface area contributed by atoms with Gasteiger partial charge in [-0.15, -0.1) is 0 Å². The lowest BCUT2D eigenvalue weighted by molar-refractivity contribution is -0.169. The monoisotopic (exact) mass is 381 g/mol. The van der Waals surface area contributed by atoms with Crippen LogP contribution in [0.15, 0.2) is 24.3 Å². The Morgan fingerprint density at radius 2 is 1.81 bits per heavy atom. The summed E-state index contributed by atoms with van der Waals surface area (Å²) in [4.78, 5) is 12.5. The van der Waals surface area contributed by atoms with Crippen molar-refractivity contribution in [1.29, 1.82) is 0 Å². The van der Waals surface area contributed by atoms with Crippen LogP contribution in [0.3, 0.4) is 0 Å². The van der Waals surface area contributed by atoms with Gasteiger partial charge in [-0.25, -0.2) is 0 Å². The fraction of sp³-hybridized carbons (Fsp3) is 0.667. The van der Waals surface area contributed by atoms with Gasteiger partial charge in [0.05, 0.1) is 11.2 Å². The van der Waals surface area contributed by atoms with E-state index in [1.54, 1.807) is 6.07 Å². The Morgan fingerprint density at radius 3 is 2.44 bits per heavy atom. The molecule has 4 saturated carbocycles. The summed E-state index contributed by atoms with van der Waals surface area (Å²) in [5.41, 5.74) is -1.15. The normalized spacial score (nSPS) is 34.7. The zero-order valence-electron chi connectivity index (χ0n) is 15.3. The molecule has 2 N–H and O–H groups in total. The molecule has 2 unspecified atom stereocenters. The van der Waals surface area contributed by atoms with Crippen LogP contribution >= 0.6 is 0 Å².